The van der Waals surface area contributed by atoms with Crippen molar-refractivity contribution in [2.24, 2.45) is 13.0 Å². The van der Waals surface area contributed by atoms with Gasteiger partial charge in [0.05, 0.1) is 12.3 Å². The molecule has 2 atom stereocenters. The Hall–Kier alpha value is -0.990. The molecule has 1 aliphatic rings. The van der Waals surface area contributed by atoms with Crippen LogP contribution in [0.2, 0.25) is 0 Å². The van der Waals surface area contributed by atoms with E-state index in [1.54, 1.807) is 14.2 Å². The van der Waals surface area contributed by atoms with Crippen molar-refractivity contribution in [1.29, 1.82) is 0 Å². The fraction of sp³-hybridized carbons (Fsp3) is 0.800. The van der Waals surface area contributed by atoms with E-state index in [-0.39, 0.29) is 11.1 Å². The van der Waals surface area contributed by atoms with Gasteiger partial charge in [0.15, 0.2) is 5.03 Å². The minimum absolute atomic E-state index is 0.0605. The van der Waals surface area contributed by atoms with Crippen molar-refractivity contribution in [1.82, 2.24) is 19.3 Å². The van der Waals surface area contributed by atoms with E-state index in [9.17, 15) is 8.42 Å². The van der Waals surface area contributed by atoms with Crippen LogP contribution in [0.3, 0.4) is 0 Å². The van der Waals surface area contributed by atoms with Crippen molar-refractivity contribution in [2.75, 3.05) is 20.2 Å². The molecular weight excluding hydrogens is 256 g/mol. The van der Waals surface area contributed by atoms with Crippen LogP contribution < -0.4 is 0 Å². The fourth-order valence-corrected chi connectivity index (χ4v) is 3.68. The zero-order valence-electron chi connectivity index (χ0n) is 10.8. The first-order valence-electron chi connectivity index (χ1n) is 5.84. The number of rotatable bonds is 3. The second kappa shape index (κ2) is 4.94. The Morgan fingerprint density at radius 1 is 1.50 bits per heavy atom. The van der Waals surface area contributed by atoms with Gasteiger partial charge in [-0.15, -0.1) is 5.10 Å². The summed E-state index contributed by atoms with van der Waals surface area (Å²) in [5.41, 5.74) is 0. The van der Waals surface area contributed by atoms with Crippen molar-refractivity contribution >= 4 is 10.0 Å². The molecule has 102 valence electrons. The Labute approximate surface area is 107 Å². The van der Waals surface area contributed by atoms with E-state index in [2.05, 4.69) is 17.2 Å². The minimum atomic E-state index is -3.52. The molecule has 2 unspecified atom stereocenters. The summed E-state index contributed by atoms with van der Waals surface area (Å²) >= 11 is 0. The Morgan fingerprint density at radius 2 is 2.22 bits per heavy atom. The van der Waals surface area contributed by atoms with Gasteiger partial charge in [-0.1, -0.05) is 12.1 Å². The third-order valence-corrected chi connectivity index (χ3v) is 5.34. The number of nitrogens with zero attached hydrogens (tertiary/aromatic N) is 4. The molecule has 0 N–H and O–H groups in total. The van der Waals surface area contributed by atoms with E-state index in [4.69, 9.17) is 4.74 Å². The largest absolute Gasteiger partial charge is 0.380 e. The highest BCUT2D eigenvalue weighted by Crippen LogP contribution is 2.24. The first-order valence-corrected chi connectivity index (χ1v) is 7.28. The minimum Gasteiger partial charge on any atom is -0.380 e. The van der Waals surface area contributed by atoms with E-state index in [1.807, 2.05) is 0 Å². The standard InChI is InChI=1S/C10H18N4O3S/c1-8-4-5-14(7-9(8)17-3)18(15,16)10-6-11-12-13(10)2/h6,8-9H,4-5,7H2,1-3H3. The molecule has 0 aromatic carbocycles. The molecule has 8 heteroatoms. The van der Waals surface area contributed by atoms with E-state index in [0.29, 0.717) is 19.0 Å². The van der Waals surface area contributed by atoms with Gasteiger partial charge in [-0.05, 0) is 12.3 Å². The third-order valence-electron chi connectivity index (χ3n) is 3.43. The number of piperidine rings is 1. The van der Waals surface area contributed by atoms with Gasteiger partial charge in [0.25, 0.3) is 10.0 Å². The number of aryl methyl sites for hydroxylation is 1. The second-order valence-electron chi connectivity index (χ2n) is 4.60. The maximum atomic E-state index is 12.4. The van der Waals surface area contributed by atoms with Crippen molar-refractivity contribution < 1.29 is 13.2 Å². The number of methoxy groups -OCH3 is 1. The first-order chi connectivity index (χ1) is 8.46. The van der Waals surface area contributed by atoms with Crippen LogP contribution in [-0.2, 0) is 21.8 Å². The molecule has 0 amide bonds. The van der Waals surface area contributed by atoms with E-state index in [1.165, 1.54) is 15.2 Å². The molecule has 2 heterocycles. The second-order valence-corrected chi connectivity index (χ2v) is 6.48. The topological polar surface area (TPSA) is 77.3 Å². The lowest BCUT2D eigenvalue weighted by Crippen LogP contribution is -2.46. The molecule has 0 radical (unpaired) electrons. The normalized spacial score (nSPS) is 26.4. The molecule has 18 heavy (non-hydrogen) atoms. The first kappa shape index (κ1) is 13.4. The van der Waals surface area contributed by atoms with Crippen LogP contribution in [-0.4, -0.2) is 54.0 Å². The van der Waals surface area contributed by atoms with Gasteiger partial charge in [-0.3, -0.25) is 0 Å². The molecule has 7 nitrogen and oxygen atoms in total. The summed E-state index contributed by atoms with van der Waals surface area (Å²) in [7, 11) is -0.341. The molecule has 1 aromatic heterocycles. The van der Waals surface area contributed by atoms with Gasteiger partial charge in [-0.2, -0.15) is 4.31 Å². The molecule has 1 aliphatic heterocycles. The highest BCUT2D eigenvalue weighted by atomic mass is 32.2. The summed E-state index contributed by atoms with van der Waals surface area (Å²) in [6.45, 7) is 2.96. The van der Waals surface area contributed by atoms with Crippen LogP contribution in [0.15, 0.2) is 11.2 Å². The van der Waals surface area contributed by atoms with Crippen molar-refractivity contribution in [3.63, 3.8) is 0 Å². The molecule has 0 aliphatic carbocycles. The summed E-state index contributed by atoms with van der Waals surface area (Å²) in [6.07, 6.45) is 2.01. The van der Waals surface area contributed by atoms with Gasteiger partial charge in [0, 0.05) is 27.2 Å². The predicted octanol–water partition coefficient (Wildman–Crippen LogP) is -0.139. The Morgan fingerprint density at radius 3 is 2.78 bits per heavy atom. The van der Waals surface area contributed by atoms with Crippen LogP contribution in [0, 0.1) is 5.92 Å². The zero-order valence-corrected chi connectivity index (χ0v) is 11.6. The monoisotopic (exact) mass is 274 g/mol. The van der Waals surface area contributed by atoms with Crippen molar-refractivity contribution in [3.8, 4) is 0 Å². The molecular formula is C10H18N4O3S. The summed E-state index contributed by atoms with van der Waals surface area (Å²) < 4.78 is 32.9. The van der Waals surface area contributed by atoms with Crippen molar-refractivity contribution in [3.05, 3.63) is 6.20 Å². The van der Waals surface area contributed by atoms with Crippen molar-refractivity contribution in [2.45, 2.75) is 24.5 Å². The summed E-state index contributed by atoms with van der Waals surface area (Å²) in [4.78, 5) is 0. The Kier molecular flexibility index (Phi) is 3.69. The maximum Gasteiger partial charge on any atom is 0.261 e. The number of aromatic nitrogens is 3. The number of ether oxygens (including phenoxy) is 1. The lowest BCUT2D eigenvalue weighted by molar-refractivity contribution is 0.0182. The van der Waals surface area contributed by atoms with Crippen LogP contribution in [0.25, 0.3) is 0 Å². The quantitative estimate of drug-likeness (QED) is 0.766. The number of hydrogen-bond acceptors (Lipinski definition) is 5. The Bertz CT molecular complexity index is 513. The molecule has 1 saturated heterocycles. The average molecular weight is 274 g/mol. The number of sulfonamides is 1. The van der Waals surface area contributed by atoms with Gasteiger partial charge < -0.3 is 4.74 Å². The SMILES string of the molecule is COC1CN(S(=O)(=O)c2cnnn2C)CCC1C. The van der Waals surface area contributed by atoms with Crippen LogP contribution in [0.5, 0.6) is 0 Å². The molecule has 0 spiro atoms. The van der Waals surface area contributed by atoms with Gasteiger partial charge in [0.2, 0.25) is 0 Å². The van der Waals surface area contributed by atoms with Crippen LogP contribution >= 0.6 is 0 Å². The highest BCUT2D eigenvalue weighted by molar-refractivity contribution is 7.89. The summed E-state index contributed by atoms with van der Waals surface area (Å²) in [5, 5.41) is 7.39. The van der Waals surface area contributed by atoms with E-state index < -0.39 is 10.0 Å². The molecule has 0 saturated carbocycles. The third kappa shape index (κ3) is 2.27. The molecule has 1 fully saturated rings. The van der Waals surface area contributed by atoms with Gasteiger partial charge in [-0.25, -0.2) is 13.1 Å². The highest BCUT2D eigenvalue weighted by Gasteiger charge is 2.35. The number of hydrogen-bond donors (Lipinski definition) is 0. The summed E-state index contributed by atoms with van der Waals surface area (Å²) in [6, 6.07) is 0. The zero-order chi connectivity index (χ0) is 13.3. The Balaban J connectivity index is 2.24. The smallest absolute Gasteiger partial charge is 0.261 e. The summed E-state index contributed by atoms with van der Waals surface area (Å²) in [5.74, 6) is 0.367. The van der Waals surface area contributed by atoms with E-state index in [0.717, 1.165) is 6.42 Å². The van der Waals surface area contributed by atoms with E-state index >= 15 is 0 Å². The molecule has 1 aromatic rings. The van der Waals surface area contributed by atoms with Crippen LogP contribution in [0.4, 0.5) is 0 Å². The average Bonchev–Trinajstić information content (AvgIpc) is 2.76. The van der Waals surface area contributed by atoms with Gasteiger partial charge >= 0.3 is 0 Å². The molecule has 0 bridgehead atoms. The predicted molar refractivity (Wildman–Crippen MR) is 64.3 cm³/mol. The lowest BCUT2D eigenvalue weighted by Gasteiger charge is -2.35. The lowest BCUT2D eigenvalue weighted by atomic mass is 9.97. The maximum absolute atomic E-state index is 12.4. The van der Waals surface area contributed by atoms with Gasteiger partial charge in [0.1, 0.15) is 0 Å². The fourth-order valence-electron chi connectivity index (χ4n) is 2.18. The molecule has 2 rings (SSSR count). The van der Waals surface area contributed by atoms with Crippen LogP contribution in [0.1, 0.15) is 13.3 Å².